The number of rotatable bonds is 4. The van der Waals surface area contributed by atoms with Crippen molar-refractivity contribution in [2.75, 3.05) is 43.4 Å². The minimum atomic E-state index is -0.829. The minimum Gasteiger partial charge on any atom is -0.461 e. The Kier molecular flexibility index (Phi) is 6.95. The second-order valence-corrected chi connectivity index (χ2v) is 12.9. The molecule has 0 saturated carbocycles. The molecule has 7 rings (SSSR count). The van der Waals surface area contributed by atoms with Crippen molar-refractivity contribution in [3.63, 3.8) is 0 Å². The second kappa shape index (κ2) is 10.7. The van der Waals surface area contributed by atoms with Gasteiger partial charge in [0.15, 0.2) is 0 Å². The molecular weight excluding hydrogens is 533 g/mol. The molecule has 3 fully saturated rings. The van der Waals surface area contributed by atoms with Gasteiger partial charge in [-0.05, 0) is 69.5 Å². The van der Waals surface area contributed by atoms with Crippen LogP contribution in [0.15, 0.2) is 12.1 Å². The molecule has 220 valence electrons. The Hall–Kier alpha value is -3.47. The first-order valence-corrected chi connectivity index (χ1v) is 15.5. The van der Waals surface area contributed by atoms with Gasteiger partial charge in [-0.3, -0.25) is 4.90 Å². The third kappa shape index (κ3) is 4.56. The molecule has 2 N–H and O–H groups in total. The highest BCUT2D eigenvalue weighted by Gasteiger charge is 2.50. The third-order valence-electron chi connectivity index (χ3n) is 10.4. The van der Waals surface area contributed by atoms with Crippen LogP contribution in [0.4, 0.5) is 15.9 Å². The number of alkyl halides is 1. The molecule has 10 heteroatoms. The van der Waals surface area contributed by atoms with Crippen LogP contribution in [0, 0.1) is 28.6 Å². The number of benzene rings is 1. The number of hydrogen-bond acceptors (Lipinski definition) is 9. The van der Waals surface area contributed by atoms with Crippen LogP contribution >= 0.6 is 0 Å². The van der Waals surface area contributed by atoms with Gasteiger partial charge in [-0.25, -0.2) is 4.39 Å². The monoisotopic (exact) mass is 571 g/mol. The Morgan fingerprint density at radius 3 is 2.88 bits per heavy atom. The molecule has 5 aliphatic rings. The maximum absolute atomic E-state index is 14.5. The van der Waals surface area contributed by atoms with Crippen molar-refractivity contribution in [2.45, 2.75) is 88.1 Å². The molecule has 0 radical (unpaired) electrons. The van der Waals surface area contributed by atoms with Crippen LogP contribution in [0.3, 0.4) is 0 Å². The lowest BCUT2D eigenvalue weighted by molar-refractivity contribution is -0.0857. The summed E-state index contributed by atoms with van der Waals surface area (Å²) < 4.78 is 27.6. The number of anilines is 2. The highest BCUT2D eigenvalue weighted by atomic mass is 19.1. The molecule has 5 heterocycles. The van der Waals surface area contributed by atoms with Crippen molar-refractivity contribution in [2.24, 2.45) is 5.92 Å². The van der Waals surface area contributed by atoms with Crippen LogP contribution < -0.4 is 15.4 Å². The minimum absolute atomic E-state index is 0.0416. The molecule has 0 bridgehead atoms. The van der Waals surface area contributed by atoms with Crippen LogP contribution in [0.25, 0.3) is 0 Å². The molecule has 42 heavy (non-hydrogen) atoms. The number of nitriles is 2. The lowest BCUT2D eigenvalue weighted by Gasteiger charge is -2.43. The summed E-state index contributed by atoms with van der Waals surface area (Å²) in [5.41, 5.74) is 10.1. The van der Waals surface area contributed by atoms with Gasteiger partial charge in [0.25, 0.3) is 0 Å². The van der Waals surface area contributed by atoms with Crippen LogP contribution in [-0.4, -0.2) is 59.4 Å². The summed E-state index contributed by atoms with van der Waals surface area (Å²) in [6.45, 7) is 3.58. The van der Waals surface area contributed by atoms with Gasteiger partial charge in [-0.15, -0.1) is 0 Å². The summed E-state index contributed by atoms with van der Waals surface area (Å²) in [4.78, 5) is 14.5. The van der Waals surface area contributed by atoms with E-state index in [1.165, 1.54) is 0 Å². The van der Waals surface area contributed by atoms with Crippen molar-refractivity contribution in [3.8, 4) is 18.1 Å². The predicted molar refractivity (Wildman–Crippen MR) is 154 cm³/mol. The van der Waals surface area contributed by atoms with Crippen LogP contribution in [-0.2, 0) is 29.8 Å². The number of aromatic nitrogens is 2. The van der Waals surface area contributed by atoms with Crippen LogP contribution in [0.1, 0.15) is 79.3 Å². The number of nitrogens with two attached hydrogens (primary N) is 1. The predicted octanol–water partition coefficient (Wildman–Crippen LogP) is 4.32. The van der Waals surface area contributed by atoms with Crippen molar-refractivity contribution < 1.29 is 13.9 Å². The third-order valence-corrected chi connectivity index (χ3v) is 10.4. The number of nitrogens with zero attached hydrogens (tertiary/aromatic N) is 6. The molecule has 1 spiro atoms. The quantitative estimate of drug-likeness (QED) is 0.534. The van der Waals surface area contributed by atoms with Gasteiger partial charge < -0.3 is 20.1 Å². The number of fused-ring (bicyclic) bond motifs is 4. The Morgan fingerprint density at radius 2 is 2.02 bits per heavy atom. The molecule has 1 unspecified atom stereocenters. The van der Waals surface area contributed by atoms with Gasteiger partial charge in [0, 0.05) is 55.2 Å². The highest BCUT2D eigenvalue weighted by molar-refractivity contribution is 5.63. The van der Waals surface area contributed by atoms with Crippen LogP contribution in [0.2, 0.25) is 0 Å². The zero-order valence-corrected chi connectivity index (χ0v) is 24.1. The first kappa shape index (κ1) is 27.4. The Labute approximate surface area is 246 Å². The first-order valence-electron chi connectivity index (χ1n) is 15.5. The number of hydrogen-bond donors (Lipinski definition) is 1. The van der Waals surface area contributed by atoms with Gasteiger partial charge >= 0.3 is 6.01 Å². The Morgan fingerprint density at radius 1 is 1.12 bits per heavy atom. The lowest BCUT2D eigenvalue weighted by atomic mass is 9.72. The smallest absolute Gasteiger partial charge is 0.318 e. The summed E-state index contributed by atoms with van der Waals surface area (Å²) >= 11 is 0. The van der Waals surface area contributed by atoms with Gasteiger partial charge in [0.05, 0.1) is 29.5 Å². The van der Waals surface area contributed by atoms with E-state index in [1.807, 2.05) is 12.1 Å². The number of aryl methyl sites for hydroxylation is 1. The van der Waals surface area contributed by atoms with E-state index >= 15 is 0 Å². The van der Waals surface area contributed by atoms with Crippen molar-refractivity contribution >= 4 is 11.5 Å². The van der Waals surface area contributed by atoms with Gasteiger partial charge in [0.1, 0.15) is 30.3 Å². The largest absolute Gasteiger partial charge is 0.461 e. The summed E-state index contributed by atoms with van der Waals surface area (Å²) in [6, 6.07) is 8.97. The van der Waals surface area contributed by atoms with Gasteiger partial charge in [-0.1, -0.05) is 6.07 Å². The van der Waals surface area contributed by atoms with E-state index in [1.54, 1.807) is 0 Å². The molecule has 9 nitrogen and oxygen atoms in total. The van der Waals surface area contributed by atoms with Gasteiger partial charge in [-0.2, -0.15) is 20.5 Å². The average Bonchev–Trinajstić information content (AvgIpc) is 3.40. The SMILES string of the molecule is N#Cc1c(N)ccc2c1[C@@]1(CCC2)Cc2nc(OCC34CCCN3C[C@H](F)C4)nc(N3CCC[C@@H](C#N)CC3)c2CO1. The molecule has 2 aromatic rings. The summed E-state index contributed by atoms with van der Waals surface area (Å²) in [5.74, 6) is 0.850. The zero-order chi connectivity index (χ0) is 28.9. The fraction of sp³-hybridized carbons (Fsp3) is 0.625. The van der Waals surface area contributed by atoms with E-state index in [4.69, 9.17) is 25.2 Å². The van der Waals surface area contributed by atoms with Crippen LogP contribution in [0.5, 0.6) is 6.01 Å². The molecule has 1 aliphatic carbocycles. The Balaban J connectivity index is 1.26. The van der Waals surface area contributed by atoms with Crippen molar-refractivity contribution in [3.05, 3.63) is 40.1 Å². The van der Waals surface area contributed by atoms with E-state index < -0.39 is 11.8 Å². The molecule has 4 atom stereocenters. The summed E-state index contributed by atoms with van der Waals surface area (Å²) in [6.07, 6.45) is 7.29. The fourth-order valence-corrected chi connectivity index (χ4v) is 8.25. The highest BCUT2D eigenvalue weighted by Crippen LogP contribution is 2.48. The second-order valence-electron chi connectivity index (χ2n) is 12.9. The number of halogens is 1. The zero-order valence-electron chi connectivity index (χ0n) is 24.1. The molecule has 1 aromatic heterocycles. The fourth-order valence-electron chi connectivity index (χ4n) is 8.25. The van der Waals surface area contributed by atoms with E-state index in [0.29, 0.717) is 49.9 Å². The molecule has 4 aliphatic heterocycles. The number of ether oxygens (including phenoxy) is 2. The van der Waals surface area contributed by atoms with Crippen molar-refractivity contribution in [1.29, 1.82) is 10.5 Å². The van der Waals surface area contributed by atoms with E-state index in [9.17, 15) is 14.9 Å². The molecular formula is C32H38FN7O2. The molecule has 0 amide bonds. The first-order chi connectivity index (χ1) is 20.4. The summed E-state index contributed by atoms with van der Waals surface area (Å²) in [5, 5.41) is 19.6. The summed E-state index contributed by atoms with van der Waals surface area (Å²) in [7, 11) is 0. The maximum atomic E-state index is 14.5. The average molecular weight is 572 g/mol. The lowest BCUT2D eigenvalue weighted by Crippen LogP contribution is -2.44. The topological polar surface area (TPSA) is 124 Å². The van der Waals surface area contributed by atoms with Gasteiger partial charge in [0.2, 0.25) is 0 Å². The van der Waals surface area contributed by atoms with E-state index in [-0.39, 0.29) is 11.5 Å². The Bertz CT molecular complexity index is 1470. The standard InChI is InChI=1S/C32H38FN7O2/c33-23-14-31(9-3-12-40(31)18-23)20-41-30-37-27-15-32(10-1-5-22-6-7-26(36)24(17-35)28(22)32)42-19-25(27)29(38-30)39-11-2-4-21(16-34)8-13-39/h6-7,21,23H,1-5,8-15,18-20,36H2/t21-,23-,31?,32-/m1/s1. The number of nitrogen functional groups attached to an aromatic ring is 1. The normalized spacial score (nSPS) is 30.6. The maximum Gasteiger partial charge on any atom is 0.318 e. The van der Waals surface area contributed by atoms with E-state index in [0.717, 1.165) is 99.2 Å². The molecule has 3 saturated heterocycles. The van der Waals surface area contributed by atoms with Crippen molar-refractivity contribution in [1.82, 2.24) is 14.9 Å². The molecule has 1 aromatic carbocycles. The van der Waals surface area contributed by atoms with E-state index in [2.05, 4.69) is 21.9 Å².